The van der Waals surface area contributed by atoms with Gasteiger partial charge in [0.25, 0.3) is 5.91 Å². The molecule has 31 heavy (non-hydrogen) atoms. The number of carbonyl (C=O) groups is 2. The Morgan fingerprint density at radius 3 is 2.45 bits per heavy atom. The van der Waals surface area contributed by atoms with Crippen molar-refractivity contribution in [2.24, 2.45) is 5.92 Å². The van der Waals surface area contributed by atoms with Gasteiger partial charge in [0.15, 0.2) is 0 Å². The van der Waals surface area contributed by atoms with E-state index >= 15 is 0 Å². The molecule has 1 saturated carbocycles. The molecular weight excluding hydrogens is 402 g/mol. The number of hydrogen-bond acceptors (Lipinski definition) is 3. The molecule has 3 N–H and O–H groups in total. The Morgan fingerprint density at radius 1 is 1.13 bits per heavy atom. The summed E-state index contributed by atoms with van der Waals surface area (Å²) in [4.78, 5) is 33.2. The van der Waals surface area contributed by atoms with Crippen LogP contribution >= 0.6 is 0 Å². The molecule has 0 saturated heterocycles. The van der Waals surface area contributed by atoms with Crippen molar-refractivity contribution < 1.29 is 18.4 Å². The van der Waals surface area contributed by atoms with Gasteiger partial charge in [-0.05, 0) is 49.1 Å². The number of hydrogen-bond donors (Lipinski definition) is 3. The van der Waals surface area contributed by atoms with E-state index in [1.165, 1.54) is 12.5 Å². The summed E-state index contributed by atoms with van der Waals surface area (Å²) < 4.78 is 27.9. The fourth-order valence-electron chi connectivity index (χ4n) is 3.67. The SMILES string of the molecule is CC(C)C(NC(=O)c1c(F)cccc1F)C(=O)Nc1ccc2nc(C3CCC3)[nH]c2c1. The van der Waals surface area contributed by atoms with E-state index in [0.717, 1.165) is 41.8 Å². The highest BCUT2D eigenvalue weighted by molar-refractivity contribution is 6.02. The van der Waals surface area contributed by atoms with E-state index in [9.17, 15) is 18.4 Å². The third-order valence-electron chi connectivity index (χ3n) is 5.69. The molecule has 0 aliphatic heterocycles. The van der Waals surface area contributed by atoms with Crippen molar-refractivity contribution in [2.45, 2.75) is 45.1 Å². The van der Waals surface area contributed by atoms with Crippen molar-refractivity contribution in [1.82, 2.24) is 15.3 Å². The standard InChI is InChI=1S/C23H24F2N4O2/c1-12(2)20(29-22(30)19-15(24)7-4-8-16(19)25)23(31)26-14-9-10-17-18(11-14)28-21(27-17)13-5-3-6-13/h4,7-13,20H,3,5-6H2,1-2H3,(H,26,31)(H,27,28)(H,29,30). The molecule has 4 rings (SSSR count). The third kappa shape index (κ3) is 4.28. The summed E-state index contributed by atoms with van der Waals surface area (Å²) in [6.07, 6.45) is 3.46. The molecule has 1 unspecified atom stereocenters. The number of anilines is 1. The smallest absolute Gasteiger partial charge is 0.257 e. The molecule has 0 bridgehead atoms. The average molecular weight is 426 g/mol. The average Bonchev–Trinajstić information content (AvgIpc) is 3.06. The lowest BCUT2D eigenvalue weighted by molar-refractivity contribution is -0.118. The molecule has 3 aromatic rings. The van der Waals surface area contributed by atoms with Gasteiger partial charge < -0.3 is 15.6 Å². The number of H-pyrrole nitrogens is 1. The quantitative estimate of drug-likeness (QED) is 0.542. The van der Waals surface area contributed by atoms with Gasteiger partial charge in [-0.1, -0.05) is 26.3 Å². The van der Waals surface area contributed by atoms with Gasteiger partial charge in [-0.3, -0.25) is 9.59 Å². The highest BCUT2D eigenvalue weighted by atomic mass is 19.1. The van der Waals surface area contributed by atoms with Gasteiger partial charge in [0.05, 0.1) is 11.0 Å². The normalized spacial score (nSPS) is 15.0. The van der Waals surface area contributed by atoms with Crippen LogP contribution in [0.4, 0.5) is 14.5 Å². The van der Waals surface area contributed by atoms with E-state index in [1.54, 1.807) is 26.0 Å². The van der Waals surface area contributed by atoms with E-state index in [0.29, 0.717) is 11.6 Å². The van der Waals surface area contributed by atoms with Gasteiger partial charge in [-0.2, -0.15) is 0 Å². The van der Waals surface area contributed by atoms with Crippen LogP contribution in [-0.2, 0) is 4.79 Å². The number of halogens is 2. The van der Waals surface area contributed by atoms with E-state index in [-0.39, 0.29) is 5.92 Å². The van der Waals surface area contributed by atoms with Gasteiger partial charge in [0.2, 0.25) is 5.91 Å². The summed E-state index contributed by atoms with van der Waals surface area (Å²) in [7, 11) is 0. The molecule has 162 valence electrons. The Hall–Kier alpha value is -3.29. The van der Waals surface area contributed by atoms with Gasteiger partial charge in [-0.25, -0.2) is 13.8 Å². The molecule has 0 radical (unpaired) electrons. The molecule has 2 amide bonds. The number of aromatic amines is 1. The second-order valence-corrected chi connectivity index (χ2v) is 8.26. The molecule has 1 aromatic heterocycles. The molecule has 1 heterocycles. The lowest BCUT2D eigenvalue weighted by atomic mass is 9.85. The predicted octanol–water partition coefficient (Wildman–Crippen LogP) is 4.50. The summed E-state index contributed by atoms with van der Waals surface area (Å²) >= 11 is 0. The maximum atomic E-state index is 13.9. The highest BCUT2D eigenvalue weighted by Crippen LogP contribution is 2.35. The highest BCUT2D eigenvalue weighted by Gasteiger charge is 2.28. The molecule has 1 aliphatic rings. The Bertz CT molecular complexity index is 1120. The number of rotatable bonds is 6. The first kappa shape index (κ1) is 21.0. The van der Waals surface area contributed by atoms with E-state index in [4.69, 9.17) is 0 Å². The minimum atomic E-state index is -0.979. The van der Waals surface area contributed by atoms with Crippen molar-refractivity contribution in [2.75, 3.05) is 5.32 Å². The number of aromatic nitrogens is 2. The topological polar surface area (TPSA) is 86.9 Å². The third-order valence-corrected chi connectivity index (χ3v) is 5.69. The van der Waals surface area contributed by atoms with E-state index in [2.05, 4.69) is 20.6 Å². The summed E-state index contributed by atoms with van der Waals surface area (Å²) in [5, 5.41) is 5.23. The molecule has 1 aliphatic carbocycles. The van der Waals surface area contributed by atoms with Crippen LogP contribution < -0.4 is 10.6 Å². The van der Waals surface area contributed by atoms with Crippen molar-refractivity contribution in [3.63, 3.8) is 0 Å². The zero-order valence-corrected chi connectivity index (χ0v) is 17.3. The molecule has 6 nitrogen and oxygen atoms in total. The fourth-order valence-corrected chi connectivity index (χ4v) is 3.67. The second-order valence-electron chi connectivity index (χ2n) is 8.26. The van der Waals surface area contributed by atoms with Crippen molar-refractivity contribution in [3.05, 3.63) is 59.4 Å². The monoisotopic (exact) mass is 426 g/mol. The van der Waals surface area contributed by atoms with Crippen molar-refractivity contribution in [1.29, 1.82) is 0 Å². The zero-order valence-electron chi connectivity index (χ0n) is 17.3. The van der Waals surface area contributed by atoms with Crippen molar-refractivity contribution >= 4 is 28.5 Å². The first-order chi connectivity index (χ1) is 14.8. The first-order valence-electron chi connectivity index (χ1n) is 10.4. The van der Waals surface area contributed by atoms with Crippen LogP contribution in [0, 0.1) is 17.6 Å². The Balaban J connectivity index is 1.50. The minimum absolute atomic E-state index is 0.306. The molecule has 1 atom stereocenters. The second kappa shape index (κ2) is 8.45. The van der Waals surface area contributed by atoms with Gasteiger partial charge >= 0.3 is 0 Å². The molecule has 1 fully saturated rings. The number of amides is 2. The lowest BCUT2D eigenvalue weighted by Crippen LogP contribution is -2.47. The number of benzene rings is 2. The van der Waals surface area contributed by atoms with Gasteiger partial charge in [0, 0.05) is 11.6 Å². The molecule has 2 aromatic carbocycles. The number of imidazole rings is 1. The maximum absolute atomic E-state index is 13.9. The lowest BCUT2D eigenvalue weighted by Gasteiger charge is -2.22. The summed E-state index contributed by atoms with van der Waals surface area (Å²) in [6, 6.07) is 7.55. The Morgan fingerprint density at radius 2 is 1.84 bits per heavy atom. The molecule has 0 spiro atoms. The number of carbonyl (C=O) groups excluding carboxylic acids is 2. The van der Waals surface area contributed by atoms with Gasteiger partial charge in [0.1, 0.15) is 29.1 Å². The van der Waals surface area contributed by atoms with Crippen LogP contribution in [0.15, 0.2) is 36.4 Å². The maximum Gasteiger partial charge on any atom is 0.257 e. The van der Waals surface area contributed by atoms with Crippen LogP contribution in [0.1, 0.15) is 55.2 Å². The van der Waals surface area contributed by atoms with Crippen LogP contribution in [0.2, 0.25) is 0 Å². The summed E-state index contributed by atoms with van der Waals surface area (Å²) in [6.45, 7) is 3.48. The largest absolute Gasteiger partial charge is 0.342 e. The van der Waals surface area contributed by atoms with Crippen LogP contribution in [0.5, 0.6) is 0 Å². The van der Waals surface area contributed by atoms with Crippen molar-refractivity contribution in [3.8, 4) is 0 Å². The molecular formula is C23H24F2N4O2. The van der Waals surface area contributed by atoms with E-state index < -0.39 is 35.1 Å². The number of nitrogens with zero attached hydrogens (tertiary/aromatic N) is 1. The van der Waals surface area contributed by atoms with Crippen LogP contribution in [0.25, 0.3) is 11.0 Å². The van der Waals surface area contributed by atoms with Gasteiger partial charge in [-0.15, -0.1) is 0 Å². The summed E-state index contributed by atoms with van der Waals surface area (Å²) in [5.41, 5.74) is 1.48. The first-order valence-corrected chi connectivity index (χ1v) is 10.4. The van der Waals surface area contributed by atoms with Crippen LogP contribution in [-0.4, -0.2) is 27.8 Å². The zero-order chi connectivity index (χ0) is 22.1. The molecule has 8 heteroatoms. The summed E-state index contributed by atoms with van der Waals surface area (Å²) in [5.74, 6) is -2.29. The Labute approximate surface area is 178 Å². The Kier molecular flexibility index (Phi) is 5.71. The number of fused-ring (bicyclic) bond motifs is 1. The minimum Gasteiger partial charge on any atom is -0.342 e. The van der Waals surface area contributed by atoms with E-state index in [1.807, 2.05) is 6.07 Å². The number of nitrogens with one attached hydrogen (secondary N) is 3. The predicted molar refractivity (Wildman–Crippen MR) is 114 cm³/mol. The fraction of sp³-hybridized carbons (Fsp3) is 0.348. The van der Waals surface area contributed by atoms with Crippen LogP contribution in [0.3, 0.4) is 0 Å².